The average molecular weight is 445 g/mol. The second-order valence-electron chi connectivity index (χ2n) is 13.3. The van der Waals surface area contributed by atoms with Gasteiger partial charge in [-0.05, 0) is 104 Å². The van der Waals surface area contributed by atoms with Gasteiger partial charge in [-0.1, -0.05) is 27.7 Å². The van der Waals surface area contributed by atoms with Gasteiger partial charge < -0.3 is 14.2 Å². The van der Waals surface area contributed by atoms with Gasteiger partial charge in [-0.3, -0.25) is 4.79 Å². The number of hydrogen-bond acceptors (Lipinski definition) is 4. The van der Waals surface area contributed by atoms with Crippen LogP contribution in [0.15, 0.2) is 0 Å². The lowest BCUT2D eigenvalue weighted by Gasteiger charge is -2.61. The van der Waals surface area contributed by atoms with Crippen molar-refractivity contribution in [1.82, 2.24) is 0 Å². The van der Waals surface area contributed by atoms with Crippen molar-refractivity contribution in [3.05, 3.63) is 0 Å². The largest absolute Gasteiger partial charge is 0.465 e. The molecule has 2 aliphatic heterocycles. The molecular weight excluding hydrogens is 400 g/mol. The van der Waals surface area contributed by atoms with Crippen LogP contribution in [0.3, 0.4) is 0 Å². The summed E-state index contributed by atoms with van der Waals surface area (Å²) in [6.07, 6.45) is 12.9. The van der Waals surface area contributed by atoms with E-state index >= 15 is 0 Å². The zero-order valence-electron chi connectivity index (χ0n) is 20.7. The average Bonchev–Trinajstić information content (AvgIpc) is 3.21. The van der Waals surface area contributed by atoms with E-state index in [0.717, 1.165) is 49.5 Å². The molecule has 0 aromatic rings. The SMILES string of the molecule is C[C@H]1CC[C@@]2(OC1)OC1CC3C4CCC5C[C@@H](OC=O)CC[C@]5(C)C4CC[C@]3(C)C1[C@@H]2C. The van der Waals surface area contributed by atoms with Gasteiger partial charge in [0.1, 0.15) is 6.10 Å². The van der Waals surface area contributed by atoms with Gasteiger partial charge in [0.25, 0.3) is 6.47 Å². The molecule has 4 nitrogen and oxygen atoms in total. The van der Waals surface area contributed by atoms with E-state index in [1.807, 2.05) is 0 Å². The first-order chi connectivity index (χ1) is 15.3. The van der Waals surface area contributed by atoms with Crippen LogP contribution >= 0.6 is 0 Å². The molecule has 6 fully saturated rings. The topological polar surface area (TPSA) is 44.8 Å². The van der Waals surface area contributed by atoms with Crippen LogP contribution in [0.2, 0.25) is 0 Å². The van der Waals surface area contributed by atoms with E-state index in [1.165, 1.54) is 44.9 Å². The molecule has 0 aromatic carbocycles. The number of ether oxygens (including phenoxy) is 3. The van der Waals surface area contributed by atoms with Crippen LogP contribution in [0.25, 0.3) is 0 Å². The lowest BCUT2D eigenvalue weighted by molar-refractivity contribution is -0.273. The molecule has 32 heavy (non-hydrogen) atoms. The van der Waals surface area contributed by atoms with Crippen molar-refractivity contribution in [3.63, 3.8) is 0 Å². The zero-order valence-corrected chi connectivity index (χ0v) is 20.7. The first kappa shape index (κ1) is 21.9. The van der Waals surface area contributed by atoms with Crippen molar-refractivity contribution in [2.45, 2.75) is 110 Å². The van der Waals surface area contributed by atoms with E-state index in [4.69, 9.17) is 14.2 Å². The molecule has 6 aliphatic rings. The summed E-state index contributed by atoms with van der Waals surface area (Å²) in [6.45, 7) is 11.5. The summed E-state index contributed by atoms with van der Waals surface area (Å²) in [5, 5.41) is 0. The van der Waals surface area contributed by atoms with Crippen molar-refractivity contribution in [1.29, 1.82) is 0 Å². The Labute approximate surface area is 194 Å². The van der Waals surface area contributed by atoms with Crippen LogP contribution in [-0.4, -0.2) is 31.1 Å². The summed E-state index contributed by atoms with van der Waals surface area (Å²) >= 11 is 0. The van der Waals surface area contributed by atoms with Crippen molar-refractivity contribution in [2.24, 2.45) is 52.3 Å². The molecule has 6 unspecified atom stereocenters. The molecule has 6 rings (SSSR count). The highest BCUT2D eigenvalue weighted by atomic mass is 16.7. The van der Waals surface area contributed by atoms with Crippen LogP contribution in [-0.2, 0) is 19.0 Å². The molecule has 180 valence electrons. The van der Waals surface area contributed by atoms with Crippen LogP contribution in [0.5, 0.6) is 0 Å². The van der Waals surface area contributed by atoms with Gasteiger partial charge in [-0.25, -0.2) is 0 Å². The minimum absolute atomic E-state index is 0.158. The zero-order chi connectivity index (χ0) is 22.3. The van der Waals surface area contributed by atoms with Crippen LogP contribution in [0, 0.1) is 52.3 Å². The fourth-order valence-electron chi connectivity index (χ4n) is 10.4. The van der Waals surface area contributed by atoms with Crippen LogP contribution in [0.4, 0.5) is 0 Å². The molecule has 0 radical (unpaired) electrons. The van der Waals surface area contributed by atoms with E-state index in [2.05, 4.69) is 27.7 Å². The first-order valence-corrected chi connectivity index (χ1v) is 13.7. The number of carbonyl (C=O) groups is 1. The van der Waals surface area contributed by atoms with Gasteiger partial charge in [-0.2, -0.15) is 0 Å². The summed E-state index contributed by atoms with van der Waals surface area (Å²) in [5.41, 5.74) is 0.837. The number of hydrogen-bond donors (Lipinski definition) is 0. The normalized spacial score (nSPS) is 59.1. The molecule has 0 bridgehead atoms. The lowest BCUT2D eigenvalue weighted by Crippen LogP contribution is -2.55. The predicted molar refractivity (Wildman–Crippen MR) is 123 cm³/mol. The molecule has 4 saturated carbocycles. The van der Waals surface area contributed by atoms with E-state index in [0.29, 0.717) is 41.2 Å². The van der Waals surface area contributed by atoms with Gasteiger partial charge in [0, 0.05) is 12.3 Å². The Kier molecular flexibility index (Phi) is 5.09. The Hall–Kier alpha value is -0.610. The minimum atomic E-state index is -0.298. The Bertz CT molecular complexity index is 744. The molecule has 0 amide bonds. The van der Waals surface area contributed by atoms with Crippen LogP contribution in [0.1, 0.15) is 91.9 Å². The molecule has 4 aliphatic carbocycles. The number of rotatable bonds is 2. The fourth-order valence-corrected chi connectivity index (χ4v) is 10.4. The van der Waals surface area contributed by atoms with E-state index < -0.39 is 0 Å². The monoisotopic (exact) mass is 444 g/mol. The Morgan fingerprint density at radius 2 is 1.72 bits per heavy atom. The van der Waals surface area contributed by atoms with Crippen LogP contribution < -0.4 is 0 Å². The van der Waals surface area contributed by atoms with Crippen molar-refractivity contribution < 1.29 is 19.0 Å². The summed E-state index contributed by atoms with van der Waals surface area (Å²) < 4.78 is 18.8. The predicted octanol–water partition coefficient (Wildman–Crippen LogP) is 5.97. The third-order valence-corrected chi connectivity index (χ3v) is 12.1. The van der Waals surface area contributed by atoms with Gasteiger partial charge in [0.2, 0.25) is 0 Å². The molecule has 0 aromatic heterocycles. The highest BCUT2D eigenvalue weighted by Gasteiger charge is 2.69. The molecule has 0 N–H and O–H groups in total. The van der Waals surface area contributed by atoms with Crippen molar-refractivity contribution >= 4 is 6.47 Å². The Balaban J connectivity index is 1.22. The first-order valence-electron chi connectivity index (χ1n) is 13.7. The molecule has 2 heterocycles. The van der Waals surface area contributed by atoms with Crippen molar-refractivity contribution in [3.8, 4) is 0 Å². The van der Waals surface area contributed by atoms with E-state index in [-0.39, 0.29) is 11.9 Å². The second-order valence-corrected chi connectivity index (χ2v) is 13.3. The lowest BCUT2D eigenvalue weighted by atomic mass is 9.44. The Morgan fingerprint density at radius 1 is 0.906 bits per heavy atom. The van der Waals surface area contributed by atoms with Gasteiger partial charge in [0.15, 0.2) is 5.79 Å². The minimum Gasteiger partial charge on any atom is -0.465 e. The summed E-state index contributed by atoms with van der Waals surface area (Å²) in [5.74, 6) is 4.75. The highest BCUT2D eigenvalue weighted by Crippen LogP contribution is 2.71. The number of carbonyl (C=O) groups excluding carboxylic acids is 1. The van der Waals surface area contributed by atoms with Gasteiger partial charge >= 0.3 is 0 Å². The Morgan fingerprint density at radius 3 is 2.47 bits per heavy atom. The van der Waals surface area contributed by atoms with Gasteiger partial charge in [-0.15, -0.1) is 0 Å². The maximum atomic E-state index is 10.9. The second kappa shape index (κ2) is 7.44. The maximum absolute atomic E-state index is 10.9. The smallest absolute Gasteiger partial charge is 0.293 e. The number of fused-ring (bicyclic) bond motifs is 7. The molecule has 12 atom stereocenters. The summed E-state index contributed by atoms with van der Waals surface area (Å²) in [7, 11) is 0. The molecule has 4 heteroatoms. The molecular formula is C28H44O4. The van der Waals surface area contributed by atoms with E-state index in [1.54, 1.807) is 0 Å². The van der Waals surface area contributed by atoms with Gasteiger partial charge in [0.05, 0.1) is 12.7 Å². The standard InChI is InChI=1S/C28H44O4/c1-17-7-12-28(31-15-17)18(2)25-24(32-28)14-23-21-6-5-19-13-20(30-16-29)8-10-26(19,3)22(21)9-11-27(23,25)4/h16-25H,5-15H2,1-4H3/t17-,18-,19?,20-,21?,22?,23?,24?,25?,26-,27-,28+/m0/s1. The molecule has 2 saturated heterocycles. The third-order valence-electron chi connectivity index (χ3n) is 12.1. The quantitative estimate of drug-likeness (QED) is 0.492. The summed E-state index contributed by atoms with van der Waals surface area (Å²) in [6, 6.07) is 0. The van der Waals surface area contributed by atoms with Crippen molar-refractivity contribution in [2.75, 3.05) is 6.61 Å². The highest BCUT2D eigenvalue weighted by molar-refractivity contribution is 5.37. The fraction of sp³-hybridized carbons (Fsp3) is 0.964. The third kappa shape index (κ3) is 2.90. The van der Waals surface area contributed by atoms with E-state index in [9.17, 15) is 4.79 Å². The maximum Gasteiger partial charge on any atom is 0.293 e. The molecule has 1 spiro atoms. The summed E-state index contributed by atoms with van der Waals surface area (Å²) in [4.78, 5) is 10.9.